The predicted octanol–water partition coefficient (Wildman–Crippen LogP) is 6.24. The van der Waals surface area contributed by atoms with Gasteiger partial charge >= 0.3 is 6.11 Å². The summed E-state index contributed by atoms with van der Waals surface area (Å²) in [5.41, 5.74) is 4.62. The lowest BCUT2D eigenvalue weighted by atomic mass is 9.88. The van der Waals surface area contributed by atoms with Crippen LogP contribution in [0.15, 0.2) is 84.9 Å². The number of alkyl halides is 3. The van der Waals surface area contributed by atoms with Gasteiger partial charge in [0, 0.05) is 5.88 Å². The molecule has 3 rings (SSSR count). The largest absolute Gasteiger partial charge is 0.431 e. The first-order chi connectivity index (χ1) is 14.7. The lowest BCUT2D eigenvalue weighted by molar-refractivity contribution is -0.200. The van der Waals surface area contributed by atoms with Crippen molar-refractivity contribution in [3.05, 3.63) is 102 Å². The summed E-state index contributed by atoms with van der Waals surface area (Å²) in [6, 6.07) is 25.3. The Morgan fingerprint density at radius 2 is 1.38 bits per heavy atom. The maximum atomic E-state index is 13.7. The van der Waals surface area contributed by atoms with Gasteiger partial charge in [-0.05, 0) is 46.4 Å². The normalized spacial score (nSPS) is 13.9. The molecule has 0 amide bonds. The summed E-state index contributed by atoms with van der Waals surface area (Å²) in [7, 11) is 0. The van der Waals surface area contributed by atoms with Crippen molar-refractivity contribution in [3.8, 4) is 5.75 Å². The second kappa shape index (κ2) is 9.68. The molecule has 0 heterocycles. The number of allylic oxidation sites excluding steroid dienone is 1. The van der Waals surface area contributed by atoms with Crippen LogP contribution in [0.25, 0.3) is 11.1 Å². The summed E-state index contributed by atoms with van der Waals surface area (Å²) in [5, 5.41) is 8.99. The van der Waals surface area contributed by atoms with Crippen molar-refractivity contribution < 1.29 is 21.4 Å². The molecule has 0 unspecified atom stereocenters. The van der Waals surface area contributed by atoms with E-state index in [1.165, 1.54) is 12.1 Å². The fraction of sp³-hybridized carbons (Fsp3) is 0.167. The fourth-order valence-corrected chi connectivity index (χ4v) is 3.32. The Hall–Kier alpha value is -2.69. The molecular formula is C24H21ClF2O2. The van der Waals surface area contributed by atoms with Crippen molar-refractivity contribution >= 4 is 22.7 Å². The van der Waals surface area contributed by atoms with E-state index in [-0.39, 0.29) is 5.75 Å². The molecule has 0 aliphatic heterocycles. The van der Waals surface area contributed by atoms with Gasteiger partial charge in [0.25, 0.3) is 0 Å². The minimum absolute atomic E-state index is 0.266. The average Bonchev–Trinajstić information content (AvgIpc) is 2.75. The minimum Gasteiger partial charge on any atom is -0.431 e. The minimum atomic E-state index is -4.39. The van der Waals surface area contributed by atoms with Gasteiger partial charge in [-0.15, -0.1) is 11.6 Å². The first kappa shape index (κ1) is 18.3. The quantitative estimate of drug-likeness (QED) is 0.348. The fourth-order valence-electron chi connectivity index (χ4n) is 3.13. The van der Waals surface area contributed by atoms with Crippen LogP contribution in [0.5, 0.6) is 5.75 Å². The molecule has 150 valence electrons. The molecular weight excluding hydrogens is 394 g/mol. The first-order valence-electron chi connectivity index (χ1n) is 10.0. The molecule has 0 aromatic heterocycles. The molecule has 0 aliphatic carbocycles. The van der Waals surface area contributed by atoms with Crippen molar-refractivity contribution in [1.29, 1.82) is 0 Å². The van der Waals surface area contributed by atoms with Crippen molar-refractivity contribution in [2.75, 3.05) is 12.4 Å². The SMILES string of the molecule is [2H]C([2H])(O)C(F)(F)Oc1ccc(/C(=C(/CCCl)c2ccccc2)c2ccccc2)cc1. The molecule has 0 fully saturated rings. The van der Waals surface area contributed by atoms with E-state index < -0.39 is 12.7 Å². The highest BCUT2D eigenvalue weighted by atomic mass is 35.5. The average molecular weight is 417 g/mol. The van der Waals surface area contributed by atoms with Crippen LogP contribution in [0.1, 0.15) is 25.9 Å². The lowest BCUT2D eigenvalue weighted by Crippen LogP contribution is -2.28. The van der Waals surface area contributed by atoms with Gasteiger partial charge in [0.15, 0.2) is 0 Å². The lowest BCUT2D eigenvalue weighted by Gasteiger charge is -2.18. The Labute approximate surface area is 176 Å². The molecule has 2 nitrogen and oxygen atoms in total. The standard InChI is InChI=1S/C24H21ClF2O2/c25-16-15-22(18-7-3-1-4-8-18)23(19-9-5-2-6-10-19)20-11-13-21(14-12-20)29-24(26,27)17-28/h1-14,28H,15-17H2/b23-22-/i17D2. The number of benzene rings is 3. The molecule has 3 aromatic carbocycles. The van der Waals surface area contributed by atoms with E-state index in [1.807, 2.05) is 60.7 Å². The predicted molar refractivity (Wildman–Crippen MR) is 113 cm³/mol. The third-order valence-corrected chi connectivity index (χ3v) is 4.54. The molecule has 3 aromatic rings. The number of halogens is 3. The Kier molecular flexibility index (Phi) is 6.12. The highest BCUT2D eigenvalue weighted by molar-refractivity contribution is 6.18. The summed E-state index contributed by atoms with van der Waals surface area (Å²) < 4.78 is 45.5. The van der Waals surface area contributed by atoms with Gasteiger partial charge < -0.3 is 9.84 Å². The Morgan fingerprint density at radius 1 is 0.862 bits per heavy atom. The van der Waals surface area contributed by atoms with E-state index in [4.69, 9.17) is 19.4 Å². The molecule has 29 heavy (non-hydrogen) atoms. The van der Waals surface area contributed by atoms with Gasteiger partial charge in [-0.3, -0.25) is 0 Å². The third kappa shape index (κ3) is 5.43. The molecule has 1 N–H and O–H groups in total. The molecule has 0 bridgehead atoms. The molecule has 0 saturated heterocycles. The number of rotatable bonds is 8. The van der Waals surface area contributed by atoms with E-state index in [2.05, 4.69) is 4.74 Å². The number of hydrogen-bond donors (Lipinski definition) is 1. The zero-order chi connectivity index (χ0) is 22.5. The summed E-state index contributed by atoms with van der Waals surface area (Å²) in [5.74, 6) is 0.136. The summed E-state index contributed by atoms with van der Waals surface area (Å²) in [6.45, 7) is -3.80. The number of aliphatic hydroxyl groups is 1. The Balaban J connectivity index is 2.09. The Bertz CT molecular complexity index is 1020. The maximum Gasteiger partial charge on any atom is 0.421 e. The molecule has 0 aliphatic rings. The van der Waals surface area contributed by atoms with Crippen LogP contribution in [0.2, 0.25) is 0 Å². The summed E-state index contributed by atoms with van der Waals surface area (Å²) in [6.07, 6.45) is -3.79. The highest BCUT2D eigenvalue weighted by Crippen LogP contribution is 2.35. The molecule has 0 spiro atoms. The van der Waals surface area contributed by atoms with Crippen LogP contribution in [0.3, 0.4) is 0 Å². The Morgan fingerprint density at radius 3 is 1.90 bits per heavy atom. The van der Waals surface area contributed by atoms with Crippen LogP contribution >= 0.6 is 11.6 Å². The second-order valence-corrected chi connectivity index (χ2v) is 6.66. The van der Waals surface area contributed by atoms with E-state index in [9.17, 15) is 8.78 Å². The van der Waals surface area contributed by atoms with Crippen LogP contribution in [0, 0.1) is 0 Å². The highest BCUT2D eigenvalue weighted by Gasteiger charge is 2.30. The van der Waals surface area contributed by atoms with Gasteiger partial charge in [-0.25, -0.2) is 0 Å². The first-order valence-corrected chi connectivity index (χ1v) is 9.56. The zero-order valence-corrected chi connectivity index (χ0v) is 16.2. The topological polar surface area (TPSA) is 29.5 Å². The molecule has 0 atom stereocenters. The summed E-state index contributed by atoms with van der Waals surface area (Å²) in [4.78, 5) is 0. The zero-order valence-electron chi connectivity index (χ0n) is 17.5. The summed E-state index contributed by atoms with van der Waals surface area (Å²) >= 11 is 6.11. The monoisotopic (exact) mass is 416 g/mol. The van der Waals surface area contributed by atoms with Gasteiger partial charge in [0.05, 0.1) is 2.74 Å². The second-order valence-electron chi connectivity index (χ2n) is 6.28. The van der Waals surface area contributed by atoms with E-state index in [1.54, 1.807) is 12.1 Å². The van der Waals surface area contributed by atoms with Crippen molar-refractivity contribution in [3.63, 3.8) is 0 Å². The van der Waals surface area contributed by atoms with E-state index >= 15 is 0 Å². The third-order valence-electron chi connectivity index (χ3n) is 4.35. The van der Waals surface area contributed by atoms with Gasteiger partial charge in [0.1, 0.15) is 12.3 Å². The molecule has 0 saturated carbocycles. The van der Waals surface area contributed by atoms with Crippen LogP contribution in [-0.2, 0) is 0 Å². The smallest absolute Gasteiger partial charge is 0.421 e. The number of ether oxygens (including phenoxy) is 1. The molecule has 5 heteroatoms. The van der Waals surface area contributed by atoms with Crippen molar-refractivity contribution in [2.45, 2.75) is 12.5 Å². The van der Waals surface area contributed by atoms with E-state index in [0.29, 0.717) is 12.3 Å². The van der Waals surface area contributed by atoms with Crippen LogP contribution < -0.4 is 4.74 Å². The molecule has 0 radical (unpaired) electrons. The van der Waals surface area contributed by atoms with Gasteiger partial charge in [0.2, 0.25) is 0 Å². The van der Waals surface area contributed by atoms with Gasteiger partial charge in [-0.1, -0.05) is 72.8 Å². The number of hydrogen-bond acceptors (Lipinski definition) is 2. The van der Waals surface area contributed by atoms with Crippen LogP contribution in [0.4, 0.5) is 8.78 Å². The van der Waals surface area contributed by atoms with Gasteiger partial charge in [-0.2, -0.15) is 8.78 Å². The van der Waals surface area contributed by atoms with Crippen molar-refractivity contribution in [2.24, 2.45) is 0 Å². The maximum absolute atomic E-state index is 13.7. The van der Waals surface area contributed by atoms with E-state index in [0.717, 1.165) is 27.8 Å². The van der Waals surface area contributed by atoms with Crippen molar-refractivity contribution in [1.82, 2.24) is 0 Å². The van der Waals surface area contributed by atoms with Crippen LogP contribution in [-0.4, -0.2) is 23.7 Å².